The summed E-state index contributed by atoms with van der Waals surface area (Å²) in [5.74, 6) is 3.48. The molecule has 0 aromatic heterocycles. The van der Waals surface area contributed by atoms with E-state index in [-0.39, 0.29) is 0 Å². The van der Waals surface area contributed by atoms with Crippen LogP contribution in [-0.4, -0.2) is 13.2 Å². The molecule has 114 valence electrons. The summed E-state index contributed by atoms with van der Waals surface area (Å²) in [6.07, 6.45) is 7.77. The van der Waals surface area contributed by atoms with Crippen molar-refractivity contribution in [2.24, 2.45) is 23.0 Å². The number of hydrogen-bond donors (Lipinski definition) is 1. The van der Waals surface area contributed by atoms with Gasteiger partial charge in [0.15, 0.2) is 0 Å². The van der Waals surface area contributed by atoms with E-state index in [1.165, 1.54) is 44.1 Å². The number of fused-ring (bicyclic) bond motifs is 5. The number of nitrogens with two attached hydrogens (primary N) is 1. The Balaban J connectivity index is 1.68. The fourth-order valence-electron chi connectivity index (χ4n) is 5.80. The minimum absolute atomic E-state index is 0.441. The molecule has 2 fully saturated rings. The Labute approximate surface area is 128 Å². The second-order valence-corrected chi connectivity index (χ2v) is 7.87. The number of benzene rings is 1. The molecule has 2 saturated carbocycles. The first-order chi connectivity index (χ1) is 10.1. The van der Waals surface area contributed by atoms with Crippen LogP contribution in [0.1, 0.15) is 56.1 Å². The van der Waals surface area contributed by atoms with Crippen molar-refractivity contribution < 1.29 is 4.74 Å². The van der Waals surface area contributed by atoms with Crippen molar-refractivity contribution in [3.05, 3.63) is 29.3 Å². The molecule has 21 heavy (non-hydrogen) atoms. The molecular formula is C19H27NO. The fourth-order valence-corrected chi connectivity index (χ4v) is 5.80. The number of hydrogen-bond acceptors (Lipinski definition) is 2. The van der Waals surface area contributed by atoms with E-state index >= 15 is 0 Å². The van der Waals surface area contributed by atoms with Crippen molar-refractivity contribution >= 4 is 0 Å². The van der Waals surface area contributed by atoms with Gasteiger partial charge >= 0.3 is 0 Å². The topological polar surface area (TPSA) is 35.2 Å². The van der Waals surface area contributed by atoms with Crippen LogP contribution in [0.4, 0.5) is 0 Å². The summed E-state index contributed by atoms with van der Waals surface area (Å²) in [4.78, 5) is 0. The predicted molar refractivity (Wildman–Crippen MR) is 85.6 cm³/mol. The van der Waals surface area contributed by atoms with E-state index in [2.05, 4.69) is 25.1 Å². The second-order valence-electron chi connectivity index (χ2n) is 7.87. The van der Waals surface area contributed by atoms with Gasteiger partial charge in [0.1, 0.15) is 5.75 Å². The van der Waals surface area contributed by atoms with E-state index in [1.807, 2.05) is 0 Å². The number of aryl methyl sites for hydroxylation is 1. The highest BCUT2D eigenvalue weighted by Gasteiger charge is 2.52. The van der Waals surface area contributed by atoms with Crippen molar-refractivity contribution in [3.63, 3.8) is 0 Å². The van der Waals surface area contributed by atoms with Crippen LogP contribution in [0, 0.1) is 17.3 Å². The summed E-state index contributed by atoms with van der Waals surface area (Å²) in [5, 5.41) is 0. The molecule has 1 unspecified atom stereocenters. The third-order valence-electron chi connectivity index (χ3n) is 6.74. The normalized spacial score (nSPS) is 41.1. The molecule has 4 rings (SSSR count). The summed E-state index contributed by atoms with van der Waals surface area (Å²) < 4.78 is 5.40. The van der Waals surface area contributed by atoms with Gasteiger partial charge in [-0.15, -0.1) is 0 Å². The Morgan fingerprint density at radius 2 is 2.14 bits per heavy atom. The standard InChI is InChI=1S/C19H27NO/c1-19-8-7-16-15-6-4-14(21-2)9-12(15)3-5-17(16)18(19)10-13(20)11-19/h4,6,9,13,16-18H,3,5,7-8,10-11,20H2,1-2H3/t13?,16-,17-,18+,19-/m1/s1. The molecule has 0 heterocycles. The lowest BCUT2D eigenvalue weighted by atomic mass is 9.56. The van der Waals surface area contributed by atoms with Crippen molar-refractivity contribution in [3.8, 4) is 5.75 Å². The van der Waals surface area contributed by atoms with Gasteiger partial charge in [0.25, 0.3) is 0 Å². The van der Waals surface area contributed by atoms with Crippen LogP contribution in [0.15, 0.2) is 18.2 Å². The molecule has 1 aromatic rings. The second kappa shape index (κ2) is 4.74. The lowest BCUT2D eigenvalue weighted by Crippen LogP contribution is -2.39. The van der Waals surface area contributed by atoms with Gasteiger partial charge in [0.2, 0.25) is 0 Å². The lowest BCUT2D eigenvalue weighted by Gasteiger charge is -2.49. The van der Waals surface area contributed by atoms with E-state index in [0.29, 0.717) is 11.5 Å². The summed E-state index contributed by atoms with van der Waals surface area (Å²) in [6.45, 7) is 2.50. The van der Waals surface area contributed by atoms with Crippen LogP contribution in [-0.2, 0) is 6.42 Å². The average Bonchev–Trinajstić information content (AvgIpc) is 2.80. The molecular weight excluding hydrogens is 258 g/mol. The largest absolute Gasteiger partial charge is 0.497 e. The van der Waals surface area contributed by atoms with E-state index in [9.17, 15) is 0 Å². The molecule has 0 bridgehead atoms. The zero-order chi connectivity index (χ0) is 14.6. The lowest BCUT2D eigenvalue weighted by molar-refractivity contribution is 0.0598. The summed E-state index contributed by atoms with van der Waals surface area (Å²) >= 11 is 0. The number of rotatable bonds is 1. The van der Waals surface area contributed by atoms with E-state index < -0.39 is 0 Å². The van der Waals surface area contributed by atoms with Gasteiger partial charge in [-0.2, -0.15) is 0 Å². The molecule has 5 atom stereocenters. The number of ether oxygens (including phenoxy) is 1. The highest BCUT2D eigenvalue weighted by Crippen LogP contribution is 2.60. The molecule has 3 aliphatic carbocycles. The smallest absolute Gasteiger partial charge is 0.119 e. The first-order valence-electron chi connectivity index (χ1n) is 8.53. The third kappa shape index (κ3) is 2.03. The maximum absolute atomic E-state index is 6.32. The van der Waals surface area contributed by atoms with Gasteiger partial charge in [-0.25, -0.2) is 0 Å². The summed E-state index contributed by atoms with van der Waals surface area (Å²) in [5.41, 5.74) is 9.97. The van der Waals surface area contributed by atoms with Crippen LogP contribution >= 0.6 is 0 Å². The first kappa shape index (κ1) is 13.6. The quantitative estimate of drug-likeness (QED) is 0.850. The minimum Gasteiger partial charge on any atom is -0.497 e. The molecule has 2 heteroatoms. The van der Waals surface area contributed by atoms with Crippen LogP contribution < -0.4 is 10.5 Å². The van der Waals surface area contributed by atoms with E-state index in [1.54, 1.807) is 12.7 Å². The van der Waals surface area contributed by atoms with Gasteiger partial charge in [0.05, 0.1) is 7.11 Å². The molecule has 2 N–H and O–H groups in total. The Morgan fingerprint density at radius 3 is 2.95 bits per heavy atom. The van der Waals surface area contributed by atoms with Crippen molar-refractivity contribution in [1.82, 2.24) is 0 Å². The Morgan fingerprint density at radius 1 is 1.29 bits per heavy atom. The summed E-state index contributed by atoms with van der Waals surface area (Å²) in [6, 6.07) is 7.19. The predicted octanol–water partition coefficient (Wildman–Crippen LogP) is 3.88. The zero-order valence-corrected chi connectivity index (χ0v) is 13.3. The van der Waals surface area contributed by atoms with E-state index in [0.717, 1.165) is 23.5 Å². The summed E-state index contributed by atoms with van der Waals surface area (Å²) in [7, 11) is 1.76. The molecule has 2 nitrogen and oxygen atoms in total. The van der Waals surface area contributed by atoms with Gasteiger partial charge in [-0.1, -0.05) is 13.0 Å². The maximum atomic E-state index is 6.32. The van der Waals surface area contributed by atoms with Crippen molar-refractivity contribution in [1.29, 1.82) is 0 Å². The van der Waals surface area contributed by atoms with Crippen LogP contribution in [0.25, 0.3) is 0 Å². The fraction of sp³-hybridized carbons (Fsp3) is 0.684. The minimum atomic E-state index is 0.441. The molecule has 1 aromatic carbocycles. The number of methoxy groups -OCH3 is 1. The highest BCUT2D eigenvalue weighted by atomic mass is 16.5. The van der Waals surface area contributed by atoms with Crippen molar-refractivity contribution in [2.75, 3.05) is 7.11 Å². The molecule has 0 saturated heterocycles. The van der Waals surface area contributed by atoms with Gasteiger partial charge in [-0.05, 0) is 85.0 Å². The Kier molecular flexibility index (Phi) is 3.08. The Hall–Kier alpha value is -1.02. The average molecular weight is 285 g/mol. The molecule has 0 aliphatic heterocycles. The van der Waals surface area contributed by atoms with Crippen LogP contribution in [0.2, 0.25) is 0 Å². The highest BCUT2D eigenvalue weighted by molar-refractivity contribution is 5.40. The third-order valence-corrected chi connectivity index (χ3v) is 6.74. The van der Waals surface area contributed by atoms with Crippen LogP contribution in [0.3, 0.4) is 0 Å². The van der Waals surface area contributed by atoms with E-state index in [4.69, 9.17) is 10.5 Å². The molecule has 3 aliphatic rings. The molecule has 0 radical (unpaired) electrons. The van der Waals surface area contributed by atoms with Crippen molar-refractivity contribution in [2.45, 2.75) is 57.4 Å². The van der Waals surface area contributed by atoms with Gasteiger partial charge in [-0.3, -0.25) is 0 Å². The van der Waals surface area contributed by atoms with Gasteiger partial charge < -0.3 is 10.5 Å². The molecule has 0 amide bonds. The SMILES string of the molecule is COc1ccc2c(c1)CC[C@@H]1[C@@H]2CC[C@]2(C)CC(N)C[C@@H]12. The Bertz CT molecular complexity index is 554. The maximum Gasteiger partial charge on any atom is 0.119 e. The monoisotopic (exact) mass is 285 g/mol. The molecule has 0 spiro atoms. The van der Waals surface area contributed by atoms with Crippen LogP contribution in [0.5, 0.6) is 5.75 Å². The first-order valence-corrected chi connectivity index (χ1v) is 8.53. The zero-order valence-electron chi connectivity index (χ0n) is 13.3. The van der Waals surface area contributed by atoms with Gasteiger partial charge in [0, 0.05) is 6.04 Å².